The molecule has 0 unspecified atom stereocenters. The van der Waals surface area contributed by atoms with Gasteiger partial charge < -0.3 is 10.6 Å². The lowest BCUT2D eigenvalue weighted by atomic mass is 10.0. The summed E-state index contributed by atoms with van der Waals surface area (Å²) in [6.45, 7) is 11.1. The number of benzene rings is 2. The minimum atomic E-state index is -3.45. The predicted molar refractivity (Wildman–Crippen MR) is 121 cm³/mol. The van der Waals surface area contributed by atoms with Crippen LogP contribution in [0.25, 0.3) is 0 Å². The molecule has 1 amide bonds. The number of sulfonamides is 1. The first-order valence-corrected chi connectivity index (χ1v) is 12.0. The number of quaternary nitrogens is 1. The molecule has 7 heteroatoms. The van der Waals surface area contributed by atoms with Crippen molar-refractivity contribution in [3.05, 3.63) is 59.7 Å². The third-order valence-electron chi connectivity index (χ3n) is 5.27. The van der Waals surface area contributed by atoms with Crippen molar-refractivity contribution in [1.82, 2.24) is 4.31 Å². The molecule has 164 valence electrons. The Labute approximate surface area is 180 Å². The average Bonchev–Trinajstić information content (AvgIpc) is 2.73. The van der Waals surface area contributed by atoms with Crippen molar-refractivity contribution < 1.29 is 18.5 Å². The van der Waals surface area contributed by atoms with Crippen LogP contribution in [0.15, 0.2) is 53.4 Å². The minimum Gasteiger partial charge on any atom is -0.333 e. The van der Waals surface area contributed by atoms with E-state index >= 15 is 0 Å². The second-order valence-corrected chi connectivity index (χ2v) is 9.65. The normalized spacial score (nSPS) is 12.9. The number of rotatable bonds is 10. The van der Waals surface area contributed by atoms with Crippen LogP contribution in [0.3, 0.4) is 0 Å². The van der Waals surface area contributed by atoms with Crippen molar-refractivity contribution in [3.8, 4) is 0 Å². The summed E-state index contributed by atoms with van der Waals surface area (Å²) in [6, 6.07) is 14.9. The predicted octanol–water partition coefficient (Wildman–Crippen LogP) is 3.10. The smallest absolute Gasteiger partial charge is 0.279 e. The zero-order valence-electron chi connectivity index (χ0n) is 18.6. The van der Waals surface area contributed by atoms with Crippen LogP contribution in [0, 0.1) is 0 Å². The van der Waals surface area contributed by atoms with Gasteiger partial charge in [0.1, 0.15) is 6.04 Å². The standard InChI is InChI=1S/C23H33N3O3S/c1-6-26(7-2)30(28,29)22-14-10-20(11-15-22)18(5)24-16-23(27)25-21-12-8-19(9-13-21)17(3)4/h8-15,17-18,24H,6-7,16H2,1-5H3,(H,25,27)/p+1/t18-/m1/s1. The molecule has 6 nitrogen and oxygen atoms in total. The maximum atomic E-state index is 12.6. The summed E-state index contributed by atoms with van der Waals surface area (Å²) in [5.74, 6) is 0.386. The number of nitrogens with zero attached hydrogens (tertiary/aromatic N) is 1. The van der Waals surface area contributed by atoms with Crippen molar-refractivity contribution in [2.24, 2.45) is 0 Å². The highest BCUT2D eigenvalue weighted by Gasteiger charge is 2.22. The highest BCUT2D eigenvalue weighted by Crippen LogP contribution is 2.19. The molecule has 0 saturated carbocycles. The van der Waals surface area contributed by atoms with Crippen LogP contribution in [-0.4, -0.2) is 38.3 Å². The van der Waals surface area contributed by atoms with Gasteiger partial charge in [-0.15, -0.1) is 0 Å². The quantitative estimate of drug-likeness (QED) is 0.605. The molecule has 30 heavy (non-hydrogen) atoms. The Kier molecular flexibility index (Phi) is 8.58. The van der Waals surface area contributed by atoms with Crippen LogP contribution in [0.5, 0.6) is 0 Å². The van der Waals surface area contributed by atoms with E-state index in [2.05, 4.69) is 19.2 Å². The third kappa shape index (κ3) is 6.14. The highest BCUT2D eigenvalue weighted by molar-refractivity contribution is 7.89. The van der Waals surface area contributed by atoms with E-state index in [0.29, 0.717) is 23.9 Å². The molecule has 0 aromatic heterocycles. The summed E-state index contributed by atoms with van der Waals surface area (Å²) in [4.78, 5) is 12.6. The summed E-state index contributed by atoms with van der Waals surface area (Å²) >= 11 is 0. The first kappa shape index (κ1) is 24.1. The molecule has 0 fully saturated rings. The van der Waals surface area contributed by atoms with Gasteiger partial charge in [0, 0.05) is 24.3 Å². The molecule has 2 rings (SSSR count). The van der Waals surface area contributed by atoms with E-state index < -0.39 is 10.0 Å². The zero-order valence-corrected chi connectivity index (χ0v) is 19.4. The monoisotopic (exact) mass is 432 g/mol. The van der Waals surface area contributed by atoms with Gasteiger partial charge in [0.25, 0.3) is 5.91 Å². The van der Waals surface area contributed by atoms with Gasteiger partial charge in [0.15, 0.2) is 6.54 Å². The SMILES string of the molecule is CCN(CC)S(=O)(=O)c1ccc([C@@H](C)[NH2+]CC(=O)Nc2ccc(C(C)C)cc2)cc1. The number of carbonyl (C=O) groups excluding carboxylic acids is 1. The maximum absolute atomic E-state index is 12.6. The van der Waals surface area contributed by atoms with Crippen molar-refractivity contribution >= 4 is 21.6 Å². The van der Waals surface area contributed by atoms with Crippen LogP contribution >= 0.6 is 0 Å². The fraction of sp³-hybridized carbons (Fsp3) is 0.435. The molecule has 0 aliphatic carbocycles. The number of anilines is 1. The first-order chi connectivity index (χ1) is 14.2. The molecular formula is C23H34N3O3S+. The lowest BCUT2D eigenvalue weighted by Crippen LogP contribution is -2.86. The Morgan fingerprint density at radius 3 is 1.97 bits per heavy atom. The van der Waals surface area contributed by atoms with Gasteiger partial charge in [-0.1, -0.05) is 52.0 Å². The number of hydrogen-bond acceptors (Lipinski definition) is 3. The fourth-order valence-corrected chi connectivity index (χ4v) is 4.70. The Morgan fingerprint density at radius 1 is 0.933 bits per heavy atom. The van der Waals surface area contributed by atoms with Gasteiger partial charge in [0.2, 0.25) is 10.0 Å². The molecule has 0 heterocycles. The largest absolute Gasteiger partial charge is 0.333 e. The molecule has 0 spiro atoms. The lowest BCUT2D eigenvalue weighted by molar-refractivity contribution is -0.682. The zero-order chi connectivity index (χ0) is 22.3. The summed E-state index contributed by atoms with van der Waals surface area (Å²) in [7, 11) is -3.45. The minimum absolute atomic E-state index is 0.0317. The molecule has 3 N–H and O–H groups in total. The van der Waals surface area contributed by atoms with Gasteiger partial charge in [0.05, 0.1) is 4.90 Å². The van der Waals surface area contributed by atoms with Crippen LogP contribution in [0.4, 0.5) is 5.69 Å². The van der Waals surface area contributed by atoms with E-state index in [-0.39, 0.29) is 18.5 Å². The highest BCUT2D eigenvalue weighted by atomic mass is 32.2. The molecular weight excluding hydrogens is 398 g/mol. The fourth-order valence-electron chi connectivity index (χ4n) is 3.24. The Hall–Kier alpha value is -2.22. The molecule has 2 aromatic rings. The van der Waals surface area contributed by atoms with Crippen molar-refractivity contribution in [2.75, 3.05) is 25.0 Å². The summed E-state index contributed by atoms with van der Waals surface area (Å²) in [5, 5.41) is 4.85. The van der Waals surface area contributed by atoms with Crippen LogP contribution in [0.1, 0.15) is 57.7 Å². The van der Waals surface area contributed by atoms with E-state index in [4.69, 9.17) is 0 Å². The summed E-state index contributed by atoms with van der Waals surface area (Å²) in [6.07, 6.45) is 0. The molecule has 0 aliphatic heterocycles. The molecule has 0 saturated heterocycles. The summed E-state index contributed by atoms with van der Waals surface area (Å²) in [5.41, 5.74) is 3.00. The van der Waals surface area contributed by atoms with Gasteiger partial charge in [-0.05, 0) is 42.7 Å². The Morgan fingerprint density at radius 2 is 1.47 bits per heavy atom. The molecule has 0 radical (unpaired) electrons. The van der Waals surface area contributed by atoms with Crippen LogP contribution < -0.4 is 10.6 Å². The van der Waals surface area contributed by atoms with Gasteiger partial charge in [-0.3, -0.25) is 4.79 Å². The molecule has 0 aliphatic rings. The number of nitrogens with one attached hydrogen (secondary N) is 1. The van der Waals surface area contributed by atoms with E-state index in [1.54, 1.807) is 12.1 Å². The van der Waals surface area contributed by atoms with Crippen LogP contribution in [0.2, 0.25) is 0 Å². The Bertz CT molecular complexity index is 919. The maximum Gasteiger partial charge on any atom is 0.279 e. The second kappa shape index (κ2) is 10.7. The summed E-state index contributed by atoms with van der Waals surface area (Å²) < 4.78 is 26.6. The van der Waals surface area contributed by atoms with Crippen molar-refractivity contribution in [1.29, 1.82) is 0 Å². The van der Waals surface area contributed by atoms with Gasteiger partial charge >= 0.3 is 0 Å². The van der Waals surface area contributed by atoms with Gasteiger partial charge in [-0.25, -0.2) is 8.42 Å². The van der Waals surface area contributed by atoms with E-state index in [9.17, 15) is 13.2 Å². The van der Waals surface area contributed by atoms with Gasteiger partial charge in [-0.2, -0.15) is 4.31 Å². The first-order valence-electron chi connectivity index (χ1n) is 10.5. The third-order valence-corrected chi connectivity index (χ3v) is 7.33. The number of nitrogens with two attached hydrogens (primary N) is 1. The van der Waals surface area contributed by atoms with Crippen molar-refractivity contribution in [3.63, 3.8) is 0 Å². The van der Waals surface area contributed by atoms with Crippen molar-refractivity contribution in [2.45, 2.75) is 51.5 Å². The van der Waals surface area contributed by atoms with E-state index in [0.717, 1.165) is 11.3 Å². The molecule has 1 atom stereocenters. The lowest BCUT2D eigenvalue weighted by Gasteiger charge is -2.19. The molecule has 0 bridgehead atoms. The van der Waals surface area contributed by atoms with E-state index in [1.165, 1.54) is 9.87 Å². The molecule has 2 aromatic carbocycles. The van der Waals surface area contributed by atoms with Crippen LogP contribution in [-0.2, 0) is 14.8 Å². The number of carbonyl (C=O) groups is 1. The number of amides is 1. The average molecular weight is 433 g/mol. The second-order valence-electron chi connectivity index (χ2n) is 7.71. The van der Waals surface area contributed by atoms with E-state index in [1.807, 2.05) is 62.5 Å². The topological polar surface area (TPSA) is 83.1 Å². The number of hydrogen-bond donors (Lipinski definition) is 2. The Balaban J connectivity index is 1.93.